The van der Waals surface area contributed by atoms with Gasteiger partial charge in [0.15, 0.2) is 0 Å². The molecule has 0 bridgehead atoms. The minimum absolute atomic E-state index is 0.254. The van der Waals surface area contributed by atoms with Crippen LogP contribution in [0.2, 0.25) is 0 Å². The lowest BCUT2D eigenvalue weighted by atomic mass is 9.90. The van der Waals surface area contributed by atoms with Crippen molar-refractivity contribution >= 4 is 5.91 Å². The van der Waals surface area contributed by atoms with Crippen molar-refractivity contribution in [1.29, 1.82) is 0 Å². The molecular formula is C13H15FN2O. The van der Waals surface area contributed by atoms with Crippen molar-refractivity contribution in [3.05, 3.63) is 35.1 Å². The zero-order chi connectivity index (χ0) is 12.0. The monoisotopic (exact) mass is 234 g/mol. The largest absolute Gasteiger partial charge is 0.368 e. The molecule has 90 valence electrons. The fourth-order valence-corrected chi connectivity index (χ4v) is 2.70. The molecule has 0 heterocycles. The lowest BCUT2D eigenvalue weighted by Gasteiger charge is -2.28. The maximum atomic E-state index is 13.2. The van der Waals surface area contributed by atoms with Crippen LogP contribution in [0, 0.1) is 5.82 Å². The predicted octanol–water partition coefficient (Wildman–Crippen LogP) is 1.20. The van der Waals surface area contributed by atoms with Gasteiger partial charge in [-0.05, 0) is 48.9 Å². The molecule has 1 aromatic rings. The highest BCUT2D eigenvalue weighted by atomic mass is 19.1. The second kappa shape index (κ2) is 3.53. The molecule has 1 amide bonds. The van der Waals surface area contributed by atoms with Crippen LogP contribution in [-0.4, -0.2) is 11.9 Å². The molecule has 0 radical (unpaired) electrons. The van der Waals surface area contributed by atoms with Gasteiger partial charge in [-0.15, -0.1) is 0 Å². The van der Waals surface area contributed by atoms with Gasteiger partial charge in [-0.2, -0.15) is 0 Å². The Hall–Kier alpha value is -1.42. The van der Waals surface area contributed by atoms with Gasteiger partial charge in [0.25, 0.3) is 0 Å². The third kappa shape index (κ3) is 1.63. The van der Waals surface area contributed by atoms with E-state index >= 15 is 0 Å². The molecule has 3 N–H and O–H groups in total. The Morgan fingerprint density at radius 3 is 2.88 bits per heavy atom. The second-order valence-electron chi connectivity index (χ2n) is 4.99. The molecule has 1 saturated carbocycles. The van der Waals surface area contributed by atoms with Gasteiger partial charge in [0.2, 0.25) is 5.91 Å². The maximum Gasteiger partial charge on any atom is 0.242 e. The summed E-state index contributed by atoms with van der Waals surface area (Å²) in [4.78, 5) is 11.8. The van der Waals surface area contributed by atoms with Crippen molar-refractivity contribution in [2.45, 2.75) is 37.3 Å². The van der Waals surface area contributed by atoms with Crippen LogP contribution in [0.1, 0.15) is 30.4 Å². The highest BCUT2D eigenvalue weighted by Crippen LogP contribution is 2.39. The third-order valence-corrected chi connectivity index (χ3v) is 3.74. The van der Waals surface area contributed by atoms with E-state index in [2.05, 4.69) is 5.32 Å². The molecule has 1 atom stereocenters. The number of rotatable bonds is 3. The van der Waals surface area contributed by atoms with E-state index in [1.54, 1.807) is 6.07 Å². The Bertz CT molecular complexity index is 484. The number of hydrogen-bond donors (Lipinski definition) is 2. The Kier molecular flexibility index (Phi) is 2.23. The fraction of sp³-hybridized carbons (Fsp3) is 0.462. The number of nitrogens with one attached hydrogen (secondary N) is 1. The lowest BCUT2D eigenvalue weighted by molar-refractivity contribution is -0.124. The van der Waals surface area contributed by atoms with E-state index in [1.165, 1.54) is 12.1 Å². The molecule has 2 aliphatic rings. The minimum Gasteiger partial charge on any atom is -0.368 e. The van der Waals surface area contributed by atoms with Crippen molar-refractivity contribution in [3.8, 4) is 0 Å². The van der Waals surface area contributed by atoms with Crippen LogP contribution in [0.15, 0.2) is 18.2 Å². The third-order valence-electron chi connectivity index (χ3n) is 3.74. The first kappa shape index (κ1) is 10.7. The fourth-order valence-electron chi connectivity index (χ4n) is 2.70. The van der Waals surface area contributed by atoms with Crippen molar-refractivity contribution in [1.82, 2.24) is 5.32 Å². The van der Waals surface area contributed by atoms with Crippen molar-refractivity contribution in [2.24, 2.45) is 5.73 Å². The first-order valence-electron chi connectivity index (χ1n) is 5.98. The number of hydrogen-bond acceptors (Lipinski definition) is 2. The molecule has 1 fully saturated rings. The van der Waals surface area contributed by atoms with E-state index in [4.69, 9.17) is 5.73 Å². The summed E-state index contributed by atoms with van der Waals surface area (Å²) < 4.78 is 13.2. The zero-order valence-corrected chi connectivity index (χ0v) is 9.50. The topological polar surface area (TPSA) is 55.1 Å². The normalized spacial score (nSPS) is 26.9. The van der Waals surface area contributed by atoms with E-state index in [9.17, 15) is 9.18 Å². The number of amides is 1. The number of aryl methyl sites for hydroxylation is 1. The summed E-state index contributed by atoms with van der Waals surface area (Å²) in [5, 5.41) is 3.34. The number of fused-ring (bicyclic) bond motifs is 1. The molecule has 0 saturated heterocycles. The van der Waals surface area contributed by atoms with Crippen LogP contribution < -0.4 is 11.1 Å². The smallest absolute Gasteiger partial charge is 0.242 e. The first-order chi connectivity index (χ1) is 8.12. The molecule has 0 aromatic heterocycles. The summed E-state index contributed by atoms with van der Waals surface area (Å²) in [6.07, 6.45) is 3.52. The highest BCUT2D eigenvalue weighted by molar-refractivity contribution is 5.87. The average Bonchev–Trinajstić information content (AvgIpc) is 3.01. The number of carbonyl (C=O) groups excluding carboxylic acids is 1. The molecule has 3 nitrogen and oxygen atoms in total. The zero-order valence-electron chi connectivity index (χ0n) is 9.50. The highest BCUT2D eigenvalue weighted by Gasteiger charge is 2.46. The summed E-state index contributed by atoms with van der Waals surface area (Å²) in [5.41, 5.74) is 6.55. The quantitative estimate of drug-likeness (QED) is 0.825. The number of halogens is 1. The minimum atomic E-state index is -0.774. The van der Waals surface area contributed by atoms with E-state index in [0.717, 1.165) is 24.0 Å². The van der Waals surface area contributed by atoms with Crippen LogP contribution in [0.25, 0.3) is 0 Å². The molecule has 2 aliphatic carbocycles. The Labute approximate surface area is 99.2 Å². The van der Waals surface area contributed by atoms with E-state index in [1.807, 2.05) is 0 Å². The van der Waals surface area contributed by atoms with Crippen molar-refractivity contribution in [2.75, 3.05) is 0 Å². The second-order valence-corrected chi connectivity index (χ2v) is 4.99. The molecule has 3 rings (SSSR count). The van der Waals surface area contributed by atoms with Crippen LogP contribution in [0.3, 0.4) is 0 Å². The molecular weight excluding hydrogens is 219 g/mol. The van der Waals surface area contributed by atoms with Crippen molar-refractivity contribution < 1.29 is 9.18 Å². The first-order valence-corrected chi connectivity index (χ1v) is 5.98. The molecule has 0 spiro atoms. The van der Waals surface area contributed by atoms with Gasteiger partial charge in [0.1, 0.15) is 11.4 Å². The van der Waals surface area contributed by atoms with Gasteiger partial charge in [-0.1, -0.05) is 6.07 Å². The molecule has 0 aliphatic heterocycles. The maximum absolute atomic E-state index is 13.2. The van der Waals surface area contributed by atoms with Gasteiger partial charge in [0.05, 0.1) is 0 Å². The SMILES string of the molecule is NC(=O)C1(NC2CC2)CCc2cc(F)ccc21. The van der Waals surface area contributed by atoms with Gasteiger partial charge < -0.3 is 5.73 Å². The van der Waals surface area contributed by atoms with Crippen LogP contribution in [-0.2, 0) is 16.8 Å². The number of carbonyl (C=O) groups is 1. The van der Waals surface area contributed by atoms with Gasteiger partial charge in [-0.25, -0.2) is 4.39 Å². The molecule has 17 heavy (non-hydrogen) atoms. The summed E-state index contributed by atoms with van der Waals surface area (Å²) in [6.45, 7) is 0. The average molecular weight is 234 g/mol. The summed E-state index contributed by atoms with van der Waals surface area (Å²) >= 11 is 0. The van der Waals surface area contributed by atoms with E-state index < -0.39 is 5.54 Å². The van der Waals surface area contributed by atoms with Crippen LogP contribution in [0.5, 0.6) is 0 Å². The summed E-state index contributed by atoms with van der Waals surface area (Å²) in [6, 6.07) is 4.99. The Balaban J connectivity index is 2.04. The van der Waals surface area contributed by atoms with Crippen LogP contribution in [0.4, 0.5) is 4.39 Å². The predicted molar refractivity (Wildman–Crippen MR) is 61.8 cm³/mol. The number of primary amides is 1. The number of benzene rings is 1. The molecule has 4 heteroatoms. The van der Waals surface area contributed by atoms with E-state index in [0.29, 0.717) is 18.9 Å². The van der Waals surface area contributed by atoms with E-state index in [-0.39, 0.29) is 11.7 Å². The molecule has 1 aromatic carbocycles. The van der Waals surface area contributed by atoms with Crippen LogP contribution >= 0.6 is 0 Å². The Morgan fingerprint density at radius 2 is 2.24 bits per heavy atom. The standard InChI is InChI=1S/C13H15FN2O/c14-9-1-4-11-8(7-9)5-6-13(11,12(15)17)16-10-2-3-10/h1,4,7,10,16H,2-3,5-6H2,(H2,15,17). The van der Waals surface area contributed by atoms with Gasteiger partial charge in [-0.3, -0.25) is 10.1 Å². The lowest BCUT2D eigenvalue weighted by Crippen LogP contribution is -2.52. The van der Waals surface area contributed by atoms with Crippen molar-refractivity contribution in [3.63, 3.8) is 0 Å². The summed E-state index contributed by atoms with van der Waals surface area (Å²) in [5.74, 6) is -0.606. The van der Waals surface area contributed by atoms with Gasteiger partial charge >= 0.3 is 0 Å². The molecule has 1 unspecified atom stereocenters. The number of nitrogens with two attached hydrogens (primary N) is 1. The Morgan fingerprint density at radius 1 is 1.47 bits per heavy atom. The summed E-state index contributed by atoms with van der Waals surface area (Å²) in [7, 11) is 0. The van der Waals surface area contributed by atoms with Gasteiger partial charge in [0, 0.05) is 6.04 Å².